The fourth-order valence-electron chi connectivity index (χ4n) is 1.51. The summed E-state index contributed by atoms with van der Waals surface area (Å²) >= 11 is 1.59. The molecule has 0 heterocycles. The molecule has 19 heavy (non-hydrogen) atoms. The van der Waals surface area contributed by atoms with Gasteiger partial charge in [-0.15, -0.1) is 0 Å². The zero-order valence-electron chi connectivity index (χ0n) is 11.3. The van der Waals surface area contributed by atoms with Crippen molar-refractivity contribution in [2.45, 2.75) is 25.7 Å². The lowest BCUT2D eigenvalue weighted by molar-refractivity contribution is -0.131. The zero-order valence-corrected chi connectivity index (χ0v) is 12.1. The number of hydrogen-bond acceptors (Lipinski definition) is 3. The second-order valence-corrected chi connectivity index (χ2v) is 5.14. The van der Waals surface area contributed by atoms with Gasteiger partial charge in [0, 0.05) is 24.7 Å². The van der Waals surface area contributed by atoms with Crippen LogP contribution in [0.2, 0.25) is 0 Å². The summed E-state index contributed by atoms with van der Waals surface area (Å²) in [5, 5.41) is 2.79. The molecular weight excluding hydrogens is 265 g/mol. The van der Waals surface area contributed by atoms with Gasteiger partial charge in [0.25, 0.3) is 0 Å². The van der Waals surface area contributed by atoms with Crippen LogP contribution in [0.4, 0.5) is 4.39 Å². The van der Waals surface area contributed by atoms with Crippen molar-refractivity contribution >= 4 is 17.7 Å². The highest BCUT2D eigenvalue weighted by atomic mass is 32.2. The molecule has 0 aromatic heterocycles. The molecule has 0 saturated heterocycles. The number of carbonyl (C=O) groups excluding carboxylic acids is 1. The van der Waals surface area contributed by atoms with Crippen molar-refractivity contribution in [2.75, 3.05) is 18.9 Å². The second-order valence-electron chi connectivity index (χ2n) is 4.03. The van der Waals surface area contributed by atoms with Gasteiger partial charge in [-0.2, -0.15) is 11.8 Å². The molecule has 0 aliphatic carbocycles. The topological polar surface area (TPSA) is 38.3 Å². The predicted molar refractivity (Wildman–Crippen MR) is 76.7 cm³/mol. The first-order valence-corrected chi connectivity index (χ1v) is 7.51. The number of halogens is 1. The van der Waals surface area contributed by atoms with Gasteiger partial charge in [-0.1, -0.05) is 18.2 Å². The fourth-order valence-corrected chi connectivity index (χ4v) is 2.36. The van der Waals surface area contributed by atoms with Crippen LogP contribution < -0.4 is 5.32 Å². The Labute approximate surface area is 117 Å². The zero-order chi connectivity index (χ0) is 14.1. The number of ether oxygens (including phenoxy) is 1. The van der Waals surface area contributed by atoms with Crippen molar-refractivity contribution in [1.29, 1.82) is 0 Å². The first kappa shape index (κ1) is 16.0. The van der Waals surface area contributed by atoms with E-state index < -0.39 is 6.10 Å². The van der Waals surface area contributed by atoms with Crippen LogP contribution in [0, 0.1) is 5.82 Å². The Balaban J connectivity index is 2.15. The largest absolute Gasteiger partial charge is 0.369 e. The summed E-state index contributed by atoms with van der Waals surface area (Å²) in [6.45, 7) is 4.67. The van der Waals surface area contributed by atoms with Crippen LogP contribution in [0.25, 0.3) is 0 Å². The van der Waals surface area contributed by atoms with Crippen LogP contribution in [0.15, 0.2) is 24.3 Å². The number of rotatable bonds is 8. The highest BCUT2D eigenvalue weighted by Gasteiger charge is 2.11. The molecule has 0 aliphatic rings. The van der Waals surface area contributed by atoms with Gasteiger partial charge in [0.1, 0.15) is 11.9 Å². The van der Waals surface area contributed by atoms with Gasteiger partial charge in [-0.3, -0.25) is 4.79 Å². The Morgan fingerprint density at radius 3 is 2.89 bits per heavy atom. The minimum atomic E-state index is -0.415. The molecule has 3 nitrogen and oxygen atoms in total. The summed E-state index contributed by atoms with van der Waals surface area (Å²) in [6.07, 6.45) is -0.415. The van der Waals surface area contributed by atoms with Crippen LogP contribution in [-0.2, 0) is 15.3 Å². The van der Waals surface area contributed by atoms with Crippen LogP contribution >= 0.6 is 11.8 Å². The van der Waals surface area contributed by atoms with E-state index >= 15 is 0 Å². The van der Waals surface area contributed by atoms with E-state index in [4.69, 9.17) is 4.74 Å². The SMILES string of the molecule is CCO[C@H](C)C(=O)NCCSCc1ccccc1F. The Kier molecular flexibility index (Phi) is 7.52. The minimum absolute atomic E-state index is 0.103. The van der Waals surface area contributed by atoms with Gasteiger partial charge in [0.15, 0.2) is 0 Å². The van der Waals surface area contributed by atoms with E-state index in [-0.39, 0.29) is 11.7 Å². The average Bonchev–Trinajstić information content (AvgIpc) is 2.40. The molecule has 1 aromatic carbocycles. The fraction of sp³-hybridized carbons (Fsp3) is 0.500. The Bertz CT molecular complexity index is 401. The molecule has 1 aromatic rings. The molecule has 0 fully saturated rings. The van der Waals surface area contributed by atoms with Crippen molar-refractivity contribution in [3.63, 3.8) is 0 Å². The Morgan fingerprint density at radius 1 is 1.47 bits per heavy atom. The quantitative estimate of drug-likeness (QED) is 0.746. The first-order chi connectivity index (χ1) is 9.15. The Hall–Kier alpha value is -1.07. The molecule has 5 heteroatoms. The summed E-state index contributed by atoms with van der Waals surface area (Å²) < 4.78 is 18.5. The highest BCUT2D eigenvalue weighted by molar-refractivity contribution is 7.98. The first-order valence-electron chi connectivity index (χ1n) is 6.35. The van der Waals surface area contributed by atoms with E-state index in [1.165, 1.54) is 6.07 Å². The molecule has 0 aliphatic heterocycles. The minimum Gasteiger partial charge on any atom is -0.369 e. The van der Waals surface area contributed by atoms with E-state index in [1.54, 1.807) is 30.8 Å². The van der Waals surface area contributed by atoms with E-state index in [0.717, 1.165) is 5.75 Å². The summed E-state index contributed by atoms with van der Waals surface area (Å²) in [5.74, 6) is 1.08. The van der Waals surface area contributed by atoms with Crippen molar-refractivity contribution in [3.8, 4) is 0 Å². The lowest BCUT2D eigenvalue weighted by Gasteiger charge is -2.11. The van der Waals surface area contributed by atoms with Gasteiger partial charge < -0.3 is 10.1 Å². The summed E-state index contributed by atoms with van der Waals surface area (Å²) in [7, 11) is 0. The lowest BCUT2D eigenvalue weighted by Crippen LogP contribution is -2.35. The maximum Gasteiger partial charge on any atom is 0.248 e. The summed E-state index contributed by atoms with van der Waals surface area (Å²) in [5.41, 5.74) is 0.696. The smallest absolute Gasteiger partial charge is 0.248 e. The Morgan fingerprint density at radius 2 is 2.21 bits per heavy atom. The molecule has 1 amide bonds. The van der Waals surface area contributed by atoms with Crippen LogP contribution in [-0.4, -0.2) is 30.9 Å². The van der Waals surface area contributed by atoms with Gasteiger partial charge in [0.05, 0.1) is 0 Å². The maximum absolute atomic E-state index is 13.3. The molecule has 0 radical (unpaired) electrons. The third kappa shape index (κ3) is 6.07. The van der Waals surface area contributed by atoms with Gasteiger partial charge in [-0.05, 0) is 25.5 Å². The molecule has 1 atom stereocenters. The molecule has 0 saturated carbocycles. The van der Waals surface area contributed by atoms with Crippen LogP contribution in [0.5, 0.6) is 0 Å². The summed E-state index contributed by atoms with van der Waals surface area (Å²) in [6, 6.07) is 6.74. The van der Waals surface area contributed by atoms with Gasteiger partial charge in [0.2, 0.25) is 5.91 Å². The standard InChI is InChI=1S/C14H20FNO2S/c1-3-18-11(2)14(17)16-8-9-19-10-12-6-4-5-7-13(12)15/h4-7,11H,3,8-10H2,1-2H3,(H,16,17)/t11-/m1/s1. The van der Waals surface area contributed by atoms with Crippen molar-refractivity contribution in [3.05, 3.63) is 35.6 Å². The van der Waals surface area contributed by atoms with Crippen LogP contribution in [0.1, 0.15) is 19.4 Å². The van der Waals surface area contributed by atoms with E-state index in [2.05, 4.69) is 5.32 Å². The van der Waals surface area contributed by atoms with Crippen molar-refractivity contribution in [2.24, 2.45) is 0 Å². The molecule has 1 N–H and O–H groups in total. The van der Waals surface area contributed by atoms with Crippen molar-refractivity contribution < 1.29 is 13.9 Å². The number of hydrogen-bond donors (Lipinski definition) is 1. The number of benzene rings is 1. The van der Waals surface area contributed by atoms with Gasteiger partial charge in [-0.25, -0.2) is 4.39 Å². The third-order valence-electron chi connectivity index (χ3n) is 2.55. The summed E-state index contributed by atoms with van der Waals surface area (Å²) in [4.78, 5) is 11.5. The number of thioether (sulfide) groups is 1. The monoisotopic (exact) mass is 285 g/mol. The normalized spacial score (nSPS) is 12.2. The number of amides is 1. The lowest BCUT2D eigenvalue weighted by atomic mass is 10.2. The molecule has 0 bridgehead atoms. The third-order valence-corrected chi connectivity index (χ3v) is 3.55. The predicted octanol–water partition coefficient (Wildman–Crippen LogP) is 2.60. The molecule has 106 valence electrons. The average molecular weight is 285 g/mol. The second kappa shape index (κ2) is 8.93. The number of nitrogens with one attached hydrogen (secondary N) is 1. The highest BCUT2D eigenvalue weighted by Crippen LogP contribution is 2.14. The maximum atomic E-state index is 13.3. The molecule has 0 spiro atoms. The number of carbonyl (C=O) groups is 1. The van der Waals surface area contributed by atoms with Gasteiger partial charge >= 0.3 is 0 Å². The van der Waals surface area contributed by atoms with E-state index in [1.807, 2.05) is 13.0 Å². The van der Waals surface area contributed by atoms with E-state index in [9.17, 15) is 9.18 Å². The van der Waals surface area contributed by atoms with Crippen LogP contribution in [0.3, 0.4) is 0 Å². The molecule has 0 unspecified atom stereocenters. The molecule has 1 rings (SSSR count). The van der Waals surface area contributed by atoms with E-state index in [0.29, 0.717) is 24.5 Å². The van der Waals surface area contributed by atoms with Crippen molar-refractivity contribution in [1.82, 2.24) is 5.32 Å². The molecular formula is C14H20FNO2S.